The van der Waals surface area contributed by atoms with Crippen LogP contribution in [-0.2, 0) is 4.79 Å². The molecule has 0 saturated heterocycles. The zero-order valence-corrected chi connectivity index (χ0v) is 13.3. The molecule has 1 N–H and O–H groups in total. The number of rotatable bonds is 13. The molecule has 0 bridgehead atoms. The van der Waals surface area contributed by atoms with E-state index in [1.54, 1.807) is 13.8 Å². The van der Waals surface area contributed by atoms with Crippen LogP contribution in [-0.4, -0.2) is 16.5 Å². The Hall–Kier alpha value is -0.370. The van der Waals surface area contributed by atoms with Gasteiger partial charge < -0.3 is 5.11 Å². The van der Waals surface area contributed by atoms with Gasteiger partial charge in [0.05, 0.1) is 0 Å². The summed E-state index contributed by atoms with van der Waals surface area (Å²) < 4.78 is 0. The lowest BCUT2D eigenvalue weighted by molar-refractivity contribution is -0.134. The molecule has 0 heterocycles. The highest BCUT2D eigenvalue weighted by Gasteiger charge is 2.22. The van der Waals surface area contributed by atoms with Gasteiger partial charge in [0.15, 0.2) is 5.78 Å². The van der Waals surface area contributed by atoms with E-state index >= 15 is 0 Å². The van der Waals surface area contributed by atoms with Crippen molar-refractivity contribution in [3.63, 3.8) is 0 Å². The Morgan fingerprint density at radius 3 is 1.53 bits per heavy atom. The van der Waals surface area contributed by atoms with Gasteiger partial charge in [-0.2, -0.15) is 0 Å². The molecule has 2 heteroatoms. The second-order valence-corrected chi connectivity index (χ2v) is 6.27. The van der Waals surface area contributed by atoms with Crippen LogP contribution in [0.15, 0.2) is 0 Å². The highest BCUT2D eigenvalue weighted by Crippen LogP contribution is 2.14. The molecule has 0 aromatic rings. The standard InChI is InChI=1S/C17H34O2/c1-4-5-6-7-8-9-10-11-12-13-14-15-16(18)17(2,3)19/h19H,4-15H2,1-3H3. The van der Waals surface area contributed by atoms with Crippen molar-refractivity contribution in [3.05, 3.63) is 0 Å². The number of unbranched alkanes of at least 4 members (excludes halogenated alkanes) is 10. The molecule has 0 amide bonds. The largest absolute Gasteiger partial charge is 0.383 e. The molecule has 0 aromatic heterocycles. The number of ketones is 1. The van der Waals surface area contributed by atoms with Gasteiger partial charge in [0.1, 0.15) is 5.60 Å². The smallest absolute Gasteiger partial charge is 0.163 e. The van der Waals surface area contributed by atoms with Gasteiger partial charge in [0.2, 0.25) is 0 Å². The van der Waals surface area contributed by atoms with Crippen molar-refractivity contribution in [3.8, 4) is 0 Å². The molecule has 0 unspecified atom stereocenters. The number of Topliss-reactive ketones (excluding diaryl/α,β-unsaturated/α-hetero) is 1. The van der Waals surface area contributed by atoms with E-state index in [1.165, 1.54) is 57.8 Å². The van der Waals surface area contributed by atoms with Crippen LogP contribution in [0.25, 0.3) is 0 Å². The van der Waals surface area contributed by atoms with E-state index in [0.717, 1.165) is 12.8 Å². The van der Waals surface area contributed by atoms with Crippen LogP contribution < -0.4 is 0 Å². The number of aliphatic hydroxyl groups is 1. The first-order valence-corrected chi connectivity index (χ1v) is 8.24. The van der Waals surface area contributed by atoms with E-state index in [1.807, 2.05) is 0 Å². The molecule has 2 nitrogen and oxygen atoms in total. The Kier molecular flexibility index (Phi) is 11.2. The number of carbonyl (C=O) groups excluding carboxylic acids is 1. The van der Waals surface area contributed by atoms with E-state index in [-0.39, 0.29) is 5.78 Å². The van der Waals surface area contributed by atoms with Gasteiger partial charge in [0.25, 0.3) is 0 Å². The van der Waals surface area contributed by atoms with E-state index in [9.17, 15) is 9.90 Å². The van der Waals surface area contributed by atoms with Crippen LogP contribution in [0.4, 0.5) is 0 Å². The lowest BCUT2D eigenvalue weighted by Crippen LogP contribution is -2.30. The van der Waals surface area contributed by atoms with Gasteiger partial charge in [-0.15, -0.1) is 0 Å². The van der Waals surface area contributed by atoms with Gasteiger partial charge in [-0.3, -0.25) is 4.79 Å². The summed E-state index contributed by atoms with van der Waals surface area (Å²) >= 11 is 0. The average molecular weight is 270 g/mol. The first-order valence-electron chi connectivity index (χ1n) is 8.24. The van der Waals surface area contributed by atoms with Crippen molar-refractivity contribution in [1.29, 1.82) is 0 Å². The van der Waals surface area contributed by atoms with Crippen LogP contribution >= 0.6 is 0 Å². The van der Waals surface area contributed by atoms with Gasteiger partial charge in [0, 0.05) is 6.42 Å². The third kappa shape index (κ3) is 12.4. The normalized spacial score (nSPS) is 11.8. The van der Waals surface area contributed by atoms with Gasteiger partial charge in [-0.1, -0.05) is 71.1 Å². The molecular weight excluding hydrogens is 236 g/mol. The topological polar surface area (TPSA) is 37.3 Å². The maximum Gasteiger partial charge on any atom is 0.163 e. The maximum absolute atomic E-state index is 11.5. The summed E-state index contributed by atoms with van der Waals surface area (Å²) in [6, 6.07) is 0. The third-order valence-electron chi connectivity index (χ3n) is 3.69. The Balaban J connectivity index is 3.17. The number of hydrogen-bond donors (Lipinski definition) is 1. The first-order chi connectivity index (χ1) is 8.98. The van der Waals surface area contributed by atoms with Crippen molar-refractivity contribution >= 4 is 5.78 Å². The lowest BCUT2D eigenvalue weighted by atomic mass is 9.98. The summed E-state index contributed by atoms with van der Waals surface area (Å²) in [4.78, 5) is 11.5. The molecule has 0 aliphatic heterocycles. The van der Waals surface area contributed by atoms with Crippen molar-refractivity contribution in [2.75, 3.05) is 0 Å². The highest BCUT2D eigenvalue weighted by atomic mass is 16.3. The molecule has 0 spiro atoms. The molecule has 0 saturated carbocycles. The molecule has 0 rings (SSSR count). The summed E-state index contributed by atoms with van der Waals surface area (Å²) in [5, 5.41) is 9.50. The molecule has 0 aliphatic carbocycles. The average Bonchev–Trinajstić information content (AvgIpc) is 2.34. The molecule has 114 valence electrons. The number of carbonyl (C=O) groups is 1. The van der Waals surface area contributed by atoms with Crippen LogP contribution in [0.2, 0.25) is 0 Å². The Morgan fingerprint density at radius 1 is 0.789 bits per heavy atom. The molecule has 0 aliphatic rings. The zero-order valence-electron chi connectivity index (χ0n) is 13.3. The van der Waals surface area contributed by atoms with Crippen LogP contribution in [0.3, 0.4) is 0 Å². The molecule has 0 atom stereocenters. The summed E-state index contributed by atoms with van der Waals surface area (Å²) in [7, 11) is 0. The van der Waals surface area contributed by atoms with Crippen molar-refractivity contribution in [2.45, 2.75) is 103 Å². The Bertz CT molecular complexity index is 216. The van der Waals surface area contributed by atoms with Crippen LogP contribution in [0.5, 0.6) is 0 Å². The van der Waals surface area contributed by atoms with E-state index in [0.29, 0.717) is 6.42 Å². The van der Waals surface area contributed by atoms with Gasteiger partial charge in [-0.05, 0) is 20.3 Å². The minimum atomic E-state index is -1.14. The maximum atomic E-state index is 11.5. The monoisotopic (exact) mass is 270 g/mol. The van der Waals surface area contributed by atoms with Crippen LogP contribution in [0.1, 0.15) is 97.8 Å². The third-order valence-corrected chi connectivity index (χ3v) is 3.69. The minimum Gasteiger partial charge on any atom is -0.383 e. The fourth-order valence-corrected chi connectivity index (χ4v) is 2.26. The van der Waals surface area contributed by atoms with E-state index < -0.39 is 5.60 Å². The minimum absolute atomic E-state index is 0.0246. The second kappa shape index (κ2) is 11.5. The molecule has 0 fully saturated rings. The van der Waals surface area contributed by atoms with Crippen molar-refractivity contribution in [1.82, 2.24) is 0 Å². The van der Waals surface area contributed by atoms with Crippen LogP contribution in [0, 0.1) is 0 Å². The van der Waals surface area contributed by atoms with E-state index in [2.05, 4.69) is 6.92 Å². The van der Waals surface area contributed by atoms with Crippen molar-refractivity contribution in [2.24, 2.45) is 0 Å². The number of hydrogen-bond acceptors (Lipinski definition) is 2. The lowest BCUT2D eigenvalue weighted by Gasteiger charge is -2.14. The van der Waals surface area contributed by atoms with Crippen molar-refractivity contribution < 1.29 is 9.90 Å². The second-order valence-electron chi connectivity index (χ2n) is 6.27. The fourth-order valence-electron chi connectivity index (χ4n) is 2.26. The first kappa shape index (κ1) is 18.6. The summed E-state index contributed by atoms with van der Waals surface area (Å²) in [6.07, 6.45) is 14.7. The predicted molar refractivity (Wildman–Crippen MR) is 82.4 cm³/mol. The van der Waals surface area contributed by atoms with Gasteiger partial charge >= 0.3 is 0 Å². The van der Waals surface area contributed by atoms with Gasteiger partial charge in [-0.25, -0.2) is 0 Å². The summed E-state index contributed by atoms with van der Waals surface area (Å²) in [5.74, 6) is -0.0246. The SMILES string of the molecule is CCCCCCCCCCCCCC(=O)C(C)(C)O. The highest BCUT2D eigenvalue weighted by molar-refractivity contribution is 5.86. The zero-order chi connectivity index (χ0) is 14.6. The van der Waals surface area contributed by atoms with E-state index in [4.69, 9.17) is 0 Å². The molecule has 0 radical (unpaired) electrons. The Morgan fingerprint density at radius 2 is 1.16 bits per heavy atom. The fraction of sp³-hybridized carbons (Fsp3) is 0.941. The molecule has 19 heavy (non-hydrogen) atoms. The summed E-state index contributed by atoms with van der Waals surface area (Å²) in [5.41, 5.74) is -1.14. The molecule has 0 aromatic carbocycles. The quantitative estimate of drug-likeness (QED) is 0.477. The predicted octanol–water partition coefficient (Wildman–Crippen LogP) is 5.03. The Labute approximate surface area is 120 Å². The molecular formula is C17H34O2. The summed E-state index contributed by atoms with van der Waals surface area (Å²) in [6.45, 7) is 5.41.